The molecule has 19 heavy (non-hydrogen) atoms. The molecule has 1 aromatic carbocycles. The molecule has 2 aromatic rings. The minimum Gasteiger partial charge on any atom is -0.398 e. The van der Waals surface area contributed by atoms with Gasteiger partial charge in [0, 0.05) is 30.0 Å². The summed E-state index contributed by atoms with van der Waals surface area (Å²) in [6.07, 6.45) is -0.880. The van der Waals surface area contributed by atoms with E-state index in [-0.39, 0.29) is 5.69 Å². The van der Waals surface area contributed by atoms with Gasteiger partial charge >= 0.3 is 6.18 Å². The molecule has 7 heteroatoms. The smallest absolute Gasteiger partial charge is 0.398 e. The van der Waals surface area contributed by atoms with Crippen molar-refractivity contribution in [3.63, 3.8) is 0 Å². The van der Waals surface area contributed by atoms with Gasteiger partial charge in [0.1, 0.15) is 5.82 Å². The summed E-state index contributed by atoms with van der Waals surface area (Å²) < 4.78 is 39.3. The van der Waals surface area contributed by atoms with Crippen molar-refractivity contribution in [3.8, 4) is 0 Å². The molecule has 0 aliphatic carbocycles. The number of anilines is 1. The van der Waals surface area contributed by atoms with E-state index in [1.807, 2.05) is 17.8 Å². The second kappa shape index (κ2) is 5.16. The lowest BCUT2D eigenvalue weighted by atomic mass is 10.2. The summed E-state index contributed by atoms with van der Waals surface area (Å²) in [5, 5.41) is 0. The Morgan fingerprint density at radius 1 is 1.37 bits per heavy atom. The molecule has 1 heterocycles. The average molecular weight is 287 g/mol. The van der Waals surface area contributed by atoms with Gasteiger partial charge in [-0.15, -0.1) is 11.8 Å². The standard InChI is InChI=1S/C12H12F3N3S/c1-18-5-4-17-11(18)7-19-10-3-2-8(6-9(10)16)12(13,14)15/h2-6H,7,16H2,1H3. The molecule has 0 radical (unpaired) electrons. The molecule has 0 fully saturated rings. The Kier molecular flexibility index (Phi) is 3.75. The van der Waals surface area contributed by atoms with Gasteiger partial charge in [-0.25, -0.2) is 4.98 Å². The number of thioether (sulfide) groups is 1. The molecule has 0 saturated heterocycles. The number of aryl methyl sites for hydroxylation is 1. The van der Waals surface area contributed by atoms with Crippen LogP contribution in [0.3, 0.4) is 0 Å². The monoisotopic (exact) mass is 287 g/mol. The van der Waals surface area contributed by atoms with E-state index in [1.54, 1.807) is 6.20 Å². The van der Waals surface area contributed by atoms with Gasteiger partial charge in [0.05, 0.1) is 11.3 Å². The van der Waals surface area contributed by atoms with Crippen molar-refractivity contribution < 1.29 is 13.2 Å². The van der Waals surface area contributed by atoms with E-state index in [0.717, 1.165) is 18.0 Å². The number of nitrogen functional groups attached to an aromatic ring is 1. The number of aromatic nitrogens is 2. The van der Waals surface area contributed by atoms with Crippen LogP contribution in [0.2, 0.25) is 0 Å². The van der Waals surface area contributed by atoms with Gasteiger partial charge in [0.25, 0.3) is 0 Å². The van der Waals surface area contributed by atoms with Gasteiger partial charge in [-0.2, -0.15) is 13.2 Å². The third kappa shape index (κ3) is 3.23. The first kappa shape index (κ1) is 13.8. The number of nitrogens with two attached hydrogens (primary N) is 1. The fraction of sp³-hybridized carbons (Fsp3) is 0.250. The van der Waals surface area contributed by atoms with Crippen molar-refractivity contribution in [2.75, 3.05) is 5.73 Å². The molecule has 0 aliphatic rings. The molecule has 2 rings (SSSR count). The Labute approximate surface area is 112 Å². The minimum absolute atomic E-state index is 0.133. The molecule has 0 bridgehead atoms. The number of rotatable bonds is 3. The van der Waals surface area contributed by atoms with E-state index < -0.39 is 11.7 Å². The first-order valence-electron chi connectivity index (χ1n) is 5.43. The third-order valence-corrected chi connectivity index (χ3v) is 3.70. The molecule has 0 spiro atoms. The first-order valence-corrected chi connectivity index (χ1v) is 6.42. The number of benzene rings is 1. The molecule has 0 amide bonds. The number of hydrogen-bond acceptors (Lipinski definition) is 3. The van der Waals surface area contributed by atoms with Crippen LogP contribution in [0.4, 0.5) is 18.9 Å². The SMILES string of the molecule is Cn1ccnc1CSc1ccc(C(F)(F)F)cc1N. The number of hydrogen-bond donors (Lipinski definition) is 1. The van der Waals surface area contributed by atoms with Crippen molar-refractivity contribution >= 4 is 17.4 Å². The van der Waals surface area contributed by atoms with E-state index in [0.29, 0.717) is 10.6 Å². The first-order chi connectivity index (χ1) is 8.88. The maximum Gasteiger partial charge on any atom is 0.416 e. The summed E-state index contributed by atoms with van der Waals surface area (Å²) in [5.41, 5.74) is 5.05. The van der Waals surface area contributed by atoms with Crippen LogP contribution in [0.5, 0.6) is 0 Å². The molecule has 102 valence electrons. The fourth-order valence-electron chi connectivity index (χ4n) is 1.53. The Balaban J connectivity index is 2.12. The van der Waals surface area contributed by atoms with Crippen molar-refractivity contribution in [1.82, 2.24) is 9.55 Å². The Hall–Kier alpha value is -1.63. The molecule has 0 saturated carbocycles. The summed E-state index contributed by atoms with van der Waals surface area (Å²) in [5.74, 6) is 1.39. The quantitative estimate of drug-likeness (QED) is 0.695. The lowest BCUT2D eigenvalue weighted by Gasteiger charge is -2.10. The number of nitrogens with zero attached hydrogens (tertiary/aromatic N) is 2. The molecular formula is C12H12F3N3S. The average Bonchev–Trinajstić information content (AvgIpc) is 2.72. The van der Waals surface area contributed by atoms with Gasteiger partial charge in [-0.1, -0.05) is 0 Å². The van der Waals surface area contributed by atoms with E-state index in [9.17, 15) is 13.2 Å². The Morgan fingerprint density at radius 2 is 2.11 bits per heavy atom. The van der Waals surface area contributed by atoms with E-state index in [2.05, 4.69) is 4.98 Å². The summed E-state index contributed by atoms with van der Waals surface area (Å²) in [4.78, 5) is 4.76. The van der Waals surface area contributed by atoms with E-state index in [4.69, 9.17) is 5.73 Å². The molecule has 0 aliphatic heterocycles. The highest BCUT2D eigenvalue weighted by Gasteiger charge is 2.30. The second-order valence-electron chi connectivity index (χ2n) is 3.99. The van der Waals surface area contributed by atoms with Gasteiger partial charge < -0.3 is 10.3 Å². The van der Waals surface area contributed by atoms with Crippen LogP contribution >= 0.6 is 11.8 Å². The highest BCUT2D eigenvalue weighted by molar-refractivity contribution is 7.98. The van der Waals surface area contributed by atoms with Crippen LogP contribution in [0, 0.1) is 0 Å². The van der Waals surface area contributed by atoms with Crippen LogP contribution in [0.25, 0.3) is 0 Å². The third-order valence-electron chi connectivity index (χ3n) is 2.61. The van der Waals surface area contributed by atoms with Crippen LogP contribution in [0.1, 0.15) is 11.4 Å². The number of halogens is 3. The largest absolute Gasteiger partial charge is 0.416 e. The maximum absolute atomic E-state index is 12.5. The van der Waals surface area contributed by atoms with Crippen LogP contribution in [-0.4, -0.2) is 9.55 Å². The highest BCUT2D eigenvalue weighted by Crippen LogP contribution is 2.34. The Morgan fingerprint density at radius 3 is 2.63 bits per heavy atom. The molecular weight excluding hydrogens is 275 g/mol. The van der Waals surface area contributed by atoms with Crippen LogP contribution in [0.15, 0.2) is 35.5 Å². The zero-order valence-electron chi connectivity index (χ0n) is 10.1. The molecule has 0 unspecified atom stereocenters. The highest BCUT2D eigenvalue weighted by atomic mass is 32.2. The van der Waals surface area contributed by atoms with E-state index >= 15 is 0 Å². The normalized spacial score (nSPS) is 11.8. The lowest BCUT2D eigenvalue weighted by Crippen LogP contribution is -2.06. The summed E-state index contributed by atoms with van der Waals surface area (Å²) in [6, 6.07) is 3.39. The zero-order chi connectivity index (χ0) is 14.0. The van der Waals surface area contributed by atoms with Gasteiger partial charge in [0.2, 0.25) is 0 Å². The Bertz CT molecular complexity index is 578. The fourth-order valence-corrected chi connectivity index (χ4v) is 2.49. The van der Waals surface area contributed by atoms with Gasteiger partial charge in [-0.05, 0) is 18.2 Å². The van der Waals surface area contributed by atoms with Crippen LogP contribution < -0.4 is 5.73 Å². The summed E-state index contributed by atoms with van der Waals surface area (Å²) in [6.45, 7) is 0. The predicted molar refractivity (Wildman–Crippen MR) is 68.6 cm³/mol. The summed E-state index contributed by atoms with van der Waals surface area (Å²) in [7, 11) is 1.86. The second-order valence-corrected chi connectivity index (χ2v) is 5.01. The summed E-state index contributed by atoms with van der Waals surface area (Å²) >= 11 is 1.36. The van der Waals surface area contributed by atoms with E-state index in [1.165, 1.54) is 17.8 Å². The van der Waals surface area contributed by atoms with Crippen molar-refractivity contribution in [3.05, 3.63) is 42.0 Å². The topological polar surface area (TPSA) is 43.8 Å². The van der Waals surface area contributed by atoms with Crippen molar-refractivity contribution in [1.29, 1.82) is 0 Å². The number of alkyl halides is 3. The van der Waals surface area contributed by atoms with Gasteiger partial charge in [-0.3, -0.25) is 0 Å². The van der Waals surface area contributed by atoms with Crippen molar-refractivity contribution in [2.24, 2.45) is 7.05 Å². The maximum atomic E-state index is 12.5. The number of imidazole rings is 1. The predicted octanol–water partition coefficient (Wildman–Crippen LogP) is 3.31. The molecule has 1 aromatic heterocycles. The van der Waals surface area contributed by atoms with Gasteiger partial charge in [0.15, 0.2) is 0 Å². The zero-order valence-corrected chi connectivity index (χ0v) is 10.9. The minimum atomic E-state index is -4.36. The molecule has 3 nitrogen and oxygen atoms in total. The molecule has 0 atom stereocenters. The lowest BCUT2D eigenvalue weighted by molar-refractivity contribution is -0.137. The van der Waals surface area contributed by atoms with Crippen molar-refractivity contribution in [2.45, 2.75) is 16.8 Å². The molecule has 2 N–H and O–H groups in total. The van der Waals surface area contributed by atoms with Crippen LogP contribution in [-0.2, 0) is 19.0 Å².